The van der Waals surface area contributed by atoms with Crippen LogP contribution in [0.25, 0.3) is 0 Å². The van der Waals surface area contributed by atoms with Gasteiger partial charge in [-0.15, -0.1) is 0 Å². The minimum Gasteiger partial charge on any atom is -0.497 e. The van der Waals surface area contributed by atoms with Crippen LogP contribution in [-0.4, -0.2) is 30.3 Å². The van der Waals surface area contributed by atoms with Crippen molar-refractivity contribution in [3.05, 3.63) is 65.2 Å². The number of carbonyl (C=O) groups is 2. The molecule has 2 N–H and O–H groups in total. The van der Waals surface area contributed by atoms with Crippen LogP contribution in [0.5, 0.6) is 5.75 Å². The van der Waals surface area contributed by atoms with E-state index in [2.05, 4.69) is 21.1 Å². The number of hydrogen-bond acceptors (Lipinski definition) is 5. The predicted molar refractivity (Wildman–Crippen MR) is 103 cm³/mol. The number of nitrogens with one attached hydrogen (secondary N) is 2. The Labute approximate surface area is 157 Å². The first-order chi connectivity index (χ1) is 13.1. The van der Waals surface area contributed by atoms with Gasteiger partial charge in [0.1, 0.15) is 5.75 Å². The van der Waals surface area contributed by atoms with Crippen molar-refractivity contribution in [2.45, 2.75) is 19.8 Å². The Hall–Kier alpha value is -3.48. The summed E-state index contributed by atoms with van der Waals surface area (Å²) in [7, 11) is 1.55. The average Bonchev–Trinajstić information content (AvgIpc) is 3.21. The van der Waals surface area contributed by atoms with E-state index in [1.807, 2.05) is 13.0 Å². The molecule has 0 atom stereocenters. The van der Waals surface area contributed by atoms with Crippen LogP contribution < -0.4 is 15.6 Å². The van der Waals surface area contributed by atoms with E-state index in [4.69, 9.17) is 4.74 Å². The highest BCUT2D eigenvalue weighted by Crippen LogP contribution is 2.15. The largest absolute Gasteiger partial charge is 0.497 e. The molecule has 3 rings (SSSR count). The number of hydrogen-bond donors (Lipinski definition) is 2. The topological polar surface area (TPSA) is 92.1 Å². The monoisotopic (exact) mass is 364 g/mol. The van der Waals surface area contributed by atoms with Crippen molar-refractivity contribution in [2.24, 2.45) is 10.2 Å². The first kappa shape index (κ1) is 18.3. The number of amides is 2. The molecule has 0 aromatic heterocycles. The fourth-order valence-electron chi connectivity index (χ4n) is 2.59. The van der Waals surface area contributed by atoms with Gasteiger partial charge in [0.25, 0.3) is 11.8 Å². The molecule has 1 aliphatic heterocycles. The summed E-state index contributed by atoms with van der Waals surface area (Å²) in [5, 5.41) is 8.31. The van der Waals surface area contributed by atoms with E-state index in [1.165, 1.54) is 0 Å². The third-order valence-corrected chi connectivity index (χ3v) is 4.19. The zero-order chi connectivity index (χ0) is 19.2. The second-order valence-electron chi connectivity index (χ2n) is 5.96. The second-order valence-corrected chi connectivity index (χ2v) is 5.96. The first-order valence-electron chi connectivity index (χ1n) is 8.58. The molecule has 0 unspecified atom stereocenters. The number of ether oxygens (including phenoxy) is 1. The van der Waals surface area contributed by atoms with Crippen LogP contribution >= 0.6 is 0 Å². The maximum Gasteiger partial charge on any atom is 0.269 e. The highest BCUT2D eigenvalue weighted by atomic mass is 16.5. The van der Waals surface area contributed by atoms with Gasteiger partial charge in [-0.05, 0) is 48.4 Å². The highest BCUT2D eigenvalue weighted by molar-refractivity contribution is 6.15. The Kier molecular flexibility index (Phi) is 5.61. The molecule has 0 fully saturated rings. The molecule has 0 radical (unpaired) electrons. The smallest absolute Gasteiger partial charge is 0.269 e. The van der Waals surface area contributed by atoms with Gasteiger partial charge in [0, 0.05) is 23.3 Å². The third kappa shape index (κ3) is 4.38. The van der Waals surface area contributed by atoms with E-state index >= 15 is 0 Å². The molecule has 27 heavy (non-hydrogen) atoms. The Morgan fingerprint density at radius 1 is 1.00 bits per heavy atom. The van der Waals surface area contributed by atoms with E-state index in [-0.39, 0.29) is 0 Å². The Balaban J connectivity index is 1.61. The van der Waals surface area contributed by atoms with Gasteiger partial charge in [0.05, 0.1) is 12.8 Å². The number of nitrogens with zero attached hydrogens (tertiary/aromatic N) is 2. The zero-order valence-electron chi connectivity index (χ0n) is 15.2. The van der Waals surface area contributed by atoms with Crippen LogP contribution in [0.4, 0.5) is 0 Å². The molecule has 0 saturated carbocycles. The first-order valence-corrected chi connectivity index (χ1v) is 8.58. The van der Waals surface area contributed by atoms with Gasteiger partial charge in [0.15, 0.2) is 0 Å². The molecule has 2 aromatic carbocycles. The number of benzene rings is 2. The van der Waals surface area contributed by atoms with Gasteiger partial charge in [-0.25, -0.2) is 0 Å². The lowest BCUT2D eigenvalue weighted by molar-refractivity contribution is 0.0846. The molecular formula is C20H20N4O3. The summed E-state index contributed by atoms with van der Waals surface area (Å²) in [6.45, 7) is 2.03. The van der Waals surface area contributed by atoms with Crippen LogP contribution in [0.2, 0.25) is 0 Å². The van der Waals surface area contributed by atoms with Crippen molar-refractivity contribution in [3.63, 3.8) is 0 Å². The number of hydrazine groups is 1. The Bertz CT molecular complexity index is 917. The molecule has 7 heteroatoms. The van der Waals surface area contributed by atoms with Crippen molar-refractivity contribution in [1.29, 1.82) is 0 Å². The maximum atomic E-state index is 12.4. The molecule has 2 amide bonds. The maximum absolute atomic E-state index is 12.4. The molecule has 0 aliphatic carbocycles. The van der Waals surface area contributed by atoms with Crippen LogP contribution in [0.1, 0.15) is 46.0 Å². The average molecular weight is 364 g/mol. The van der Waals surface area contributed by atoms with E-state index in [1.54, 1.807) is 49.6 Å². The zero-order valence-corrected chi connectivity index (χ0v) is 15.2. The highest BCUT2D eigenvalue weighted by Gasteiger charge is 2.15. The molecule has 1 heterocycles. The fraction of sp³-hybridized carbons (Fsp3) is 0.200. The predicted octanol–water partition coefficient (Wildman–Crippen LogP) is 2.73. The summed E-state index contributed by atoms with van der Waals surface area (Å²) < 4.78 is 5.05. The number of rotatable bonds is 5. The minimum atomic E-state index is -0.414. The fourth-order valence-corrected chi connectivity index (χ4v) is 2.59. The second kappa shape index (κ2) is 8.27. The summed E-state index contributed by atoms with van der Waals surface area (Å²) in [6, 6.07) is 13.7. The van der Waals surface area contributed by atoms with Crippen LogP contribution in [0, 0.1) is 0 Å². The molecule has 0 saturated heterocycles. The number of carbonyl (C=O) groups excluding carboxylic acids is 2. The standard InChI is InChI=1S/C20H20N4O3/c1-3-16-12-18(22-21-16)14-5-4-6-15(11-14)20(26)24-23-19(25)13-7-9-17(27-2)10-8-13/h4-11H,3,12H2,1-2H3,(H,23,25)(H,24,26). The van der Waals surface area contributed by atoms with Crippen molar-refractivity contribution < 1.29 is 14.3 Å². The normalized spacial score (nSPS) is 12.8. The van der Waals surface area contributed by atoms with Crippen molar-refractivity contribution in [2.75, 3.05) is 7.11 Å². The van der Waals surface area contributed by atoms with E-state index in [0.717, 1.165) is 23.4 Å². The van der Waals surface area contributed by atoms with Crippen LogP contribution in [-0.2, 0) is 0 Å². The van der Waals surface area contributed by atoms with Gasteiger partial charge in [-0.3, -0.25) is 20.4 Å². The molecule has 7 nitrogen and oxygen atoms in total. The van der Waals surface area contributed by atoms with Gasteiger partial charge >= 0.3 is 0 Å². The summed E-state index contributed by atoms with van der Waals surface area (Å²) in [4.78, 5) is 24.5. The summed E-state index contributed by atoms with van der Waals surface area (Å²) in [6.07, 6.45) is 1.54. The minimum absolute atomic E-state index is 0.408. The van der Waals surface area contributed by atoms with Gasteiger partial charge < -0.3 is 4.74 Å². The molecule has 1 aliphatic rings. The molecule has 0 bridgehead atoms. The van der Waals surface area contributed by atoms with E-state index < -0.39 is 11.8 Å². The summed E-state index contributed by atoms with van der Waals surface area (Å²) in [5.41, 5.74) is 8.37. The Morgan fingerprint density at radius 2 is 1.70 bits per heavy atom. The van der Waals surface area contributed by atoms with Gasteiger partial charge in [-0.2, -0.15) is 10.2 Å². The van der Waals surface area contributed by atoms with Gasteiger partial charge in [0.2, 0.25) is 0 Å². The quantitative estimate of drug-likeness (QED) is 0.799. The van der Waals surface area contributed by atoms with Crippen molar-refractivity contribution >= 4 is 23.2 Å². The van der Waals surface area contributed by atoms with E-state index in [0.29, 0.717) is 23.3 Å². The molecule has 138 valence electrons. The summed E-state index contributed by atoms with van der Waals surface area (Å²) in [5.74, 6) is -0.172. The van der Waals surface area contributed by atoms with Crippen molar-refractivity contribution in [1.82, 2.24) is 10.9 Å². The number of methoxy groups -OCH3 is 1. The van der Waals surface area contributed by atoms with Crippen LogP contribution in [0.3, 0.4) is 0 Å². The lowest BCUT2D eigenvalue weighted by Gasteiger charge is -2.09. The summed E-state index contributed by atoms with van der Waals surface area (Å²) >= 11 is 0. The van der Waals surface area contributed by atoms with Gasteiger partial charge in [-0.1, -0.05) is 19.1 Å². The SMILES string of the molecule is CCC1=NN=C(c2cccc(C(=O)NNC(=O)c3ccc(OC)cc3)c2)C1. The van der Waals surface area contributed by atoms with Crippen molar-refractivity contribution in [3.8, 4) is 5.75 Å². The lowest BCUT2D eigenvalue weighted by atomic mass is 10.0. The molecule has 2 aromatic rings. The van der Waals surface area contributed by atoms with Crippen LogP contribution in [0.15, 0.2) is 58.7 Å². The lowest BCUT2D eigenvalue weighted by Crippen LogP contribution is -2.41. The Morgan fingerprint density at radius 3 is 2.33 bits per heavy atom. The molecular weight excluding hydrogens is 344 g/mol. The molecule has 0 spiro atoms. The third-order valence-electron chi connectivity index (χ3n) is 4.19. The van der Waals surface area contributed by atoms with E-state index in [9.17, 15) is 9.59 Å².